The summed E-state index contributed by atoms with van der Waals surface area (Å²) < 4.78 is 0.897. The highest BCUT2D eigenvalue weighted by Crippen LogP contribution is 2.20. The number of benzene rings is 2. The lowest BCUT2D eigenvalue weighted by Crippen LogP contribution is -2.42. The number of fused-ring (bicyclic) bond motifs is 1. The average molecular weight is 461 g/mol. The molecule has 1 unspecified atom stereocenters. The van der Waals surface area contributed by atoms with Crippen molar-refractivity contribution in [1.29, 1.82) is 0 Å². The second kappa shape index (κ2) is 9.41. The van der Waals surface area contributed by atoms with Gasteiger partial charge in [-0.15, -0.1) is 0 Å². The van der Waals surface area contributed by atoms with Gasteiger partial charge in [0, 0.05) is 51.8 Å². The number of H-pyrrole nitrogens is 1. The van der Waals surface area contributed by atoms with E-state index in [1.807, 2.05) is 42.6 Å². The smallest absolute Gasteiger partial charge is 0.321 e. The highest BCUT2D eigenvalue weighted by atomic mass is 79.9. The highest BCUT2D eigenvalue weighted by Gasteiger charge is 2.24. The Morgan fingerprint density at radius 1 is 1.14 bits per heavy atom. The summed E-state index contributed by atoms with van der Waals surface area (Å²) in [5, 5.41) is 13.7. The molecule has 3 N–H and O–H groups in total. The number of aliphatic carboxylic acids is 1. The first-order valence-electron chi connectivity index (χ1n) is 8.91. The summed E-state index contributed by atoms with van der Waals surface area (Å²) in [6.45, 7) is 0.248. The number of nitrogens with one attached hydrogen (secondary N) is 2. The quantitative estimate of drug-likeness (QED) is 0.287. The van der Waals surface area contributed by atoms with Gasteiger partial charge in [-0.1, -0.05) is 46.3 Å². The molecule has 146 valence electrons. The molecule has 2 atom stereocenters. The lowest BCUT2D eigenvalue weighted by molar-refractivity contribution is -0.139. The van der Waals surface area contributed by atoms with Crippen LogP contribution >= 0.6 is 28.6 Å². The van der Waals surface area contributed by atoms with Crippen LogP contribution in [0.2, 0.25) is 0 Å². The molecule has 1 aromatic heterocycles. The Hall–Kier alpha value is -2.09. The van der Waals surface area contributed by atoms with Crippen molar-refractivity contribution < 1.29 is 14.7 Å². The van der Waals surface area contributed by atoms with Crippen molar-refractivity contribution in [3.05, 3.63) is 70.3 Å². The first-order valence-corrected chi connectivity index (χ1v) is 10.3. The highest BCUT2D eigenvalue weighted by molar-refractivity contribution is 9.10. The maximum Gasteiger partial charge on any atom is 0.321 e. The monoisotopic (exact) mass is 460 g/mol. The number of halogens is 1. The maximum atomic E-state index is 12.7. The number of carboxylic acid groups (broad SMARTS) is 1. The normalized spacial score (nSPS) is 13.4. The molecule has 0 radical (unpaired) electrons. The topological polar surface area (TPSA) is 82.2 Å². The predicted molar refractivity (Wildman–Crippen MR) is 117 cm³/mol. The van der Waals surface area contributed by atoms with Crippen LogP contribution < -0.4 is 5.32 Å². The van der Waals surface area contributed by atoms with Crippen LogP contribution in [0.3, 0.4) is 0 Å². The molecule has 0 fully saturated rings. The number of hydrogen-bond donors (Lipinski definition) is 4. The van der Waals surface area contributed by atoms with Crippen LogP contribution in [0.25, 0.3) is 10.9 Å². The largest absolute Gasteiger partial charge is 0.480 e. The third-order valence-corrected chi connectivity index (χ3v) is 5.70. The van der Waals surface area contributed by atoms with Gasteiger partial charge in [0.15, 0.2) is 5.78 Å². The number of rotatable bonds is 9. The zero-order chi connectivity index (χ0) is 20.1. The Morgan fingerprint density at radius 2 is 1.86 bits per heavy atom. The molecule has 0 aliphatic carbocycles. The molecule has 0 spiro atoms. The van der Waals surface area contributed by atoms with Gasteiger partial charge in [-0.05, 0) is 23.8 Å². The van der Waals surface area contributed by atoms with Gasteiger partial charge in [0.2, 0.25) is 0 Å². The number of ketones is 1. The van der Waals surface area contributed by atoms with Gasteiger partial charge in [-0.25, -0.2) is 0 Å². The lowest BCUT2D eigenvalue weighted by Gasteiger charge is -2.19. The second-order valence-corrected chi connectivity index (χ2v) is 7.89. The number of hydrogen-bond acceptors (Lipinski definition) is 4. The fourth-order valence-corrected chi connectivity index (χ4v) is 3.70. The molecule has 7 heteroatoms. The van der Waals surface area contributed by atoms with Gasteiger partial charge in [0.25, 0.3) is 0 Å². The van der Waals surface area contributed by atoms with Crippen LogP contribution in [-0.4, -0.2) is 40.2 Å². The van der Waals surface area contributed by atoms with Crippen LogP contribution in [-0.2, 0) is 11.2 Å². The molecule has 3 aromatic rings. The third-order valence-electron chi connectivity index (χ3n) is 4.73. The van der Waals surface area contributed by atoms with E-state index in [1.165, 1.54) is 0 Å². The van der Waals surface area contributed by atoms with Gasteiger partial charge < -0.3 is 15.4 Å². The predicted octanol–water partition coefficient (Wildman–Crippen LogP) is 3.94. The van der Waals surface area contributed by atoms with Crippen LogP contribution in [0.5, 0.6) is 0 Å². The number of carbonyl (C=O) groups excluding carboxylic acids is 1. The third kappa shape index (κ3) is 4.84. The SMILES string of the molecule is O=C(c1ccc(Br)cc1)C(CS)CN[C@@H](Cc1c[nH]c2ccccc12)C(=O)O. The molecule has 0 aliphatic rings. The van der Waals surface area contributed by atoms with E-state index in [4.69, 9.17) is 0 Å². The first kappa shape index (κ1) is 20.6. The minimum absolute atomic E-state index is 0.0498. The molecule has 0 bridgehead atoms. The van der Waals surface area contributed by atoms with E-state index in [1.54, 1.807) is 12.1 Å². The van der Waals surface area contributed by atoms with E-state index >= 15 is 0 Å². The molecular weight excluding hydrogens is 440 g/mol. The van der Waals surface area contributed by atoms with E-state index in [2.05, 4.69) is 38.9 Å². The Balaban J connectivity index is 1.68. The van der Waals surface area contributed by atoms with Crippen LogP contribution in [0.4, 0.5) is 0 Å². The summed E-state index contributed by atoms with van der Waals surface area (Å²) in [5.74, 6) is -1.07. The molecule has 28 heavy (non-hydrogen) atoms. The molecular formula is C21H21BrN2O3S. The zero-order valence-corrected chi connectivity index (χ0v) is 17.5. The maximum absolute atomic E-state index is 12.7. The summed E-state index contributed by atoms with van der Waals surface area (Å²) in [6.07, 6.45) is 2.16. The van der Waals surface area contributed by atoms with Crippen molar-refractivity contribution in [2.75, 3.05) is 12.3 Å². The van der Waals surface area contributed by atoms with Crippen LogP contribution in [0.1, 0.15) is 15.9 Å². The van der Waals surface area contributed by atoms with Crippen molar-refractivity contribution in [2.45, 2.75) is 12.5 Å². The average Bonchev–Trinajstić information content (AvgIpc) is 3.10. The summed E-state index contributed by atoms with van der Waals surface area (Å²) in [4.78, 5) is 27.6. The first-order chi connectivity index (χ1) is 13.5. The molecule has 1 heterocycles. The van der Waals surface area contributed by atoms with E-state index < -0.39 is 17.9 Å². The van der Waals surface area contributed by atoms with Gasteiger partial charge in [0.1, 0.15) is 6.04 Å². The fraction of sp³-hybridized carbons (Fsp3) is 0.238. The standard InChI is InChI=1S/C21H21BrN2O3S/c22-16-7-5-13(6-8-16)20(25)15(12-28)11-24-19(21(26)27)9-14-10-23-18-4-2-1-3-17(14)18/h1-8,10,15,19,23-24,28H,9,11-12H2,(H,26,27)/t15?,19-/m0/s1. The van der Waals surface area contributed by atoms with Crippen molar-refractivity contribution in [1.82, 2.24) is 10.3 Å². The Morgan fingerprint density at radius 3 is 2.54 bits per heavy atom. The number of thiol groups is 1. The van der Waals surface area contributed by atoms with Crippen molar-refractivity contribution in [3.8, 4) is 0 Å². The Bertz CT molecular complexity index is 971. The minimum atomic E-state index is -0.945. The molecule has 2 aromatic carbocycles. The molecule has 0 aliphatic heterocycles. The minimum Gasteiger partial charge on any atom is -0.480 e. The van der Waals surface area contributed by atoms with Gasteiger partial charge in [-0.3, -0.25) is 9.59 Å². The van der Waals surface area contributed by atoms with Crippen LogP contribution in [0.15, 0.2) is 59.2 Å². The second-order valence-electron chi connectivity index (χ2n) is 6.61. The molecule has 0 saturated carbocycles. The summed E-state index contributed by atoms with van der Waals surface area (Å²) in [5.41, 5.74) is 2.49. The molecule has 5 nitrogen and oxygen atoms in total. The lowest BCUT2D eigenvalue weighted by atomic mass is 9.98. The number of carboxylic acids is 1. The van der Waals surface area contributed by atoms with E-state index in [9.17, 15) is 14.7 Å². The van der Waals surface area contributed by atoms with Gasteiger partial charge in [0.05, 0.1) is 0 Å². The Kier molecular flexibility index (Phi) is 6.93. The molecule has 3 rings (SSSR count). The number of aromatic nitrogens is 1. The molecule has 0 amide bonds. The summed E-state index contributed by atoms with van der Waals surface area (Å²) >= 11 is 7.65. The fourth-order valence-electron chi connectivity index (χ4n) is 3.14. The van der Waals surface area contributed by atoms with Gasteiger partial charge in [-0.2, -0.15) is 12.6 Å². The van der Waals surface area contributed by atoms with E-state index in [0.29, 0.717) is 17.7 Å². The Labute approximate surface area is 177 Å². The summed E-state index contributed by atoms with van der Waals surface area (Å²) in [7, 11) is 0. The van der Waals surface area contributed by atoms with E-state index in [0.717, 1.165) is 20.9 Å². The molecule has 0 saturated heterocycles. The zero-order valence-electron chi connectivity index (χ0n) is 15.1. The number of carbonyl (C=O) groups is 2. The van der Waals surface area contributed by atoms with Gasteiger partial charge >= 0.3 is 5.97 Å². The number of Topliss-reactive ketones (excluding diaryl/α,β-unsaturated/α-hetero) is 1. The van der Waals surface area contributed by atoms with Crippen molar-refractivity contribution in [3.63, 3.8) is 0 Å². The van der Waals surface area contributed by atoms with Crippen molar-refractivity contribution in [2.24, 2.45) is 5.92 Å². The van der Waals surface area contributed by atoms with Crippen LogP contribution in [0, 0.1) is 5.92 Å². The number of para-hydroxylation sites is 1. The van der Waals surface area contributed by atoms with Crippen molar-refractivity contribution >= 4 is 51.2 Å². The van der Waals surface area contributed by atoms with E-state index in [-0.39, 0.29) is 12.3 Å². The summed E-state index contributed by atoms with van der Waals surface area (Å²) in [6, 6.07) is 14.1. The number of aromatic amines is 1.